The van der Waals surface area contributed by atoms with Gasteiger partial charge in [-0.2, -0.15) is 0 Å². The van der Waals surface area contributed by atoms with Crippen LogP contribution in [-0.2, 0) is 38.0 Å². The van der Waals surface area contributed by atoms with Crippen LogP contribution in [0, 0.1) is 5.41 Å². The summed E-state index contributed by atoms with van der Waals surface area (Å²) in [7, 11) is -6.94. The van der Waals surface area contributed by atoms with E-state index in [0.29, 0.717) is 10.7 Å². The standard InChI is InChI=1S/C20H29N2O9PS/c1-6-20(2,3)17(18(24)21-12-11-16(23)29-4)31-32(5,26)30-13-22-19(25)14-9-7-8-10-15(14)33(22,27)28/h7-10,17H,6,11-13H2,1-5H3,(H,21,24)/t17-,32-/m0/s1. The molecule has 0 unspecified atom stereocenters. The predicted molar refractivity (Wildman–Crippen MR) is 118 cm³/mol. The molecule has 11 nitrogen and oxygen atoms in total. The summed E-state index contributed by atoms with van der Waals surface area (Å²) in [5, 5.41) is 2.54. The number of amides is 2. The fourth-order valence-corrected chi connectivity index (χ4v) is 5.61. The van der Waals surface area contributed by atoms with Gasteiger partial charge in [-0.1, -0.05) is 32.9 Å². The topological polar surface area (TPSA) is 145 Å². The molecular formula is C20H29N2O9PS. The molecule has 184 valence electrons. The Hall–Kier alpha value is -2.27. The molecule has 33 heavy (non-hydrogen) atoms. The minimum absolute atomic E-state index is 0.0112. The summed E-state index contributed by atoms with van der Waals surface area (Å²) >= 11 is 0. The van der Waals surface area contributed by atoms with Crippen LogP contribution in [0.15, 0.2) is 29.2 Å². The van der Waals surface area contributed by atoms with Crippen molar-refractivity contribution in [3.63, 3.8) is 0 Å². The predicted octanol–water partition coefficient (Wildman–Crippen LogP) is 2.13. The third kappa shape index (κ3) is 6.20. The van der Waals surface area contributed by atoms with Crippen LogP contribution in [0.5, 0.6) is 0 Å². The Kier molecular flexibility index (Phi) is 8.45. The molecule has 0 spiro atoms. The van der Waals surface area contributed by atoms with Crippen LogP contribution in [0.1, 0.15) is 44.0 Å². The molecule has 0 aromatic heterocycles. The number of esters is 1. The number of fused-ring (bicyclic) bond motifs is 1. The lowest BCUT2D eigenvalue weighted by molar-refractivity contribution is -0.140. The Balaban J connectivity index is 2.12. The highest BCUT2D eigenvalue weighted by molar-refractivity contribution is 7.90. The molecule has 2 amide bonds. The van der Waals surface area contributed by atoms with E-state index in [1.165, 1.54) is 31.4 Å². The maximum absolute atomic E-state index is 13.0. The first-order chi connectivity index (χ1) is 15.3. The highest BCUT2D eigenvalue weighted by Gasteiger charge is 2.43. The number of methoxy groups -OCH3 is 1. The van der Waals surface area contributed by atoms with Crippen molar-refractivity contribution in [1.29, 1.82) is 0 Å². The van der Waals surface area contributed by atoms with E-state index in [1.54, 1.807) is 13.8 Å². The molecule has 0 bridgehead atoms. The smallest absolute Gasteiger partial charge is 0.330 e. The van der Waals surface area contributed by atoms with Gasteiger partial charge in [-0.3, -0.25) is 28.0 Å². The van der Waals surface area contributed by atoms with Crippen molar-refractivity contribution in [1.82, 2.24) is 9.62 Å². The lowest BCUT2D eigenvalue weighted by Crippen LogP contribution is -2.45. The quantitative estimate of drug-likeness (QED) is 0.354. The molecule has 2 atom stereocenters. The van der Waals surface area contributed by atoms with Crippen molar-refractivity contribution >= 4 is 35.4 Å². The monoisotopic (exact) mass is 504 g/mol. The zero-order valence-electron chi connectivity index (χ0n) is 19.2. The first-order valence-corrected chi connectivity index (χ1v) is 13.6. The minimum atomic E-state index is -4.16. The molecule has 1 N–H and O–H groups in total. The Labute approximate surface area is 193 Å². The summed E-state index contributed by atoms with van der Waals surface area (Å²) in [5.41, 5.74) is -0.793. The fraction of sp³-hybridized carbons (Fsp3) is 0.550. The largest absolute Gasteiger partial charge is 0.469 e. The van der Waals surface area contributed by atoms with E-state index in [9.17, 15) is 27.4 Å². The van der Waals surface area contributed by atoms with E-state index in [2.05, 4.69) is 10.1 Å². The van der Waals surface area contributed by atoms with Gasteiger partial charge in [-0.05, 0) is 18.6 Å². The first kappa shape index (κ1) is 27.0. The molecule has 0 saturated heterocycles. The zero-order valence-corrected chi connectivity index (χ0v) is 20.9. The average Bonchev–Trinajstić information content (AvgIpc) is 2.95. The Morgan fingerprint density at radius 2 is 1.88 bits per heavy atom. The average molecular weight is 504 g/mol. The van der Waals surface area contributed by atoms with E-state index >= 15 is 0 Å². The van der Waals surface area contributed by atoms with Crippen LogP contribution in [-0.4, -0.2) is 63.7 Å². The third-order valence-electron chi connectivity index (χ3n) is 5.33. The van der Waals surface area contributed by atoms with Gasteiger partial charge >= 0.3 is 13.6 Å². The van der Waals surface area contributed by atoms with Crippen molar-refractivity contribution in [3.05, 3.63) is 29.8 Å². The van der Waals surface area contributed by atoms with Gasteiger partial charge in [-0.25, -0.2) is 12.7 Å². The molecule has 1 heterocycles. The van der Waals surface area contributed by atoms with Crippen molar-refractivity contribution in [2.75, 3.05) is 27.1 Å². The van der Waals surface area contributed by atoms with Gasteiger partial charge in [0.25, 0.3) is 15.9 Å². The number of carbonyl (C=O) groups is 3. The van der Waals surface area contributed by atoms with E-state index in [-0.39, 0.29) is 23.4 Å². The van der Waals surface area contributed by atoms with Gasteiger partial charge in [0.05, 0.1) is 19.1 Å². The highest BCUT2D eigenvalue weighted by Crippen LogP contribution is 2.49. The van der Waals surface area contributed by atoms with Gasteiger partial charge in [0.2, 0.25) is 5.91 Å². The van der Waals surface area contributed by atoms with Crippen molar-refractivity contribution in [2.45, 2.75) is 44.6 Å². The second-order valence-electron chi connectivity index (χ2n) is 8.13. The SMILES string of the molecule is CCC(C)(C)[C@@H](O[P@@](C)(=O)OCN1C(=O)c2ccccc2S1(=O)=O)C(=O)NCCC(=O)OC. The maximum Gasteiger partial charge on any atom is 0.330 e. The molecule has 0 fully saturated rings. The Bertz CT molecular complexity index is 1070. The Morgan fingerprint density at radius 1 is 1.24 bits per heavy atom. The molecule has 0 aliphatic carbocycles. The number of hydrogen-bond donors (Lipinski definition) is 1. The Morgan fingerprint density at radius 3 is 2.45 bits per heavy atom. The van der Waals surface area contributed by atoms with Gasteiger partial charge in [-0.15, -0.1) is 0 Å². The maximum atomic E-state index is 13.0. The lowest BCUT2D eigenvalue weighted by Gasteiger charge is -2.33. The molecular weight excluding hydrogens is 475 g/mol. The molecule has 1 aliphatic rings. The van der Waals surface area contributed by atoms with Crippen LogP contribution >= 0.6 is 7.60 Å². The van der Waals surface area contributed by atoms with E-state index in [0.717, 1.165) is 6.66 Å². The molecule has 1 aliphatic heterocycles. The second kappa shape index (κ2) is 10.3. The first-order valence-electron chi connectivity index (χ1n) is 10.2. The van der Waals surface area contributed by atoms with E-state index in [4.69, 9.17) is 9.05 Å². The number of rotatable bonds is 11. The van der Waals surface area contributed by atoms with E-state index in [1.807, 2.05) is 6.92 Å². The van der Waals surface area contributed by atoms with Crippen LogP contribution in [0.2, 0.25) is 0 Å². The summed E-state index contributed by atoms with van der Waals surface area (Å²) in [4.78, 5) is 36.3. The fourth-order valence-electron chi connectivity index (χ4n) is 2.95. The van der Waals surface area contributed by atoms with Crippen molar-refractivity contribution in [3.8, 4) is 0 Å². The number of hydrogen-bond acceptors (Lipinski definition) is 9. The lowest BCUT2D eigenvalue weighted by atomic mass is 9.83. The number of nitrogens with zero attached hydrogens (tertiary/aromatic N) is 1. The normalized spacial score (nSPS) is 17.7. The number of nitrogens with one attached hydrogen (secondary N) is 1. The van der Waals surface area contributed by atoms with Crippen LogP contribution in [0.25, 0.3) is 0 Å². The molecule has 1 aromatic carbocycles. The van der Waals surface area contributed by atoms with Crippen LogP contribution < -0.4 is 5.32 Å². The molecule has 13 heteroatoms. The minimum Gasteiger partial charge on any atom is -0.469 e. The van der Waals surface area contributed by atoms with E-state index < -0.39 is 53.7 Å². The molecule has 1 aromatic rings. The number of ether oxygens (including phenoxy) is 1. The summed E-state index contributed by atoms with van der Waals surface area (Å²) in [6.07, 6.45) is -0.827. The number of sulfonamides is 1. The van der Waals surface area contributed by atoms with Crippen molar-refractivity contribution < 1.29 is 41.2 Å². The second-order valence-corrected chi connectivity index (χ2v) is 12.0. The number of benzene rings is 1. The van der Waals surface area contributed by atoms with Crippen LogP contribution in [0.4, 0.5) is 0 Å². The highest BCUT2D eigenvalue weighted by atomic mass is 32.2. The number of carbonyl (C=O) groups excluding carboxylic acids is 3. The summed E-state index contributed by atoms with van der Waals surface area (Å²) in [5.74, 6) is -1.94. The molecule has 2 rings (SSSR count). The molecule has 0 saturated carbocycles. The third-order valence-corrected chi connectivity index (χ3v) is 8.28. The van der Waals surface area contributed by atoms with Gasteiger partial charge < -0.3 is 10.1 Å². The zero-order chi connectivity index (χ0) is 25.0. The summed E-state index contributed by atoms with van der Waals surface area (Å²) in [6, 6.07) is 5.68. The van der Waals surface area contributed by atoms with Gasteiger partial charge in [0, 0.05) is 18.6 Å². The van der Waals surface area contributed by atoms with Crippen LogP contribution in [0.3, 0.4) is 0 Å². The molecule has 0 radical (unpaired) electrons. The van der Waals surface area contributed by atoms with Crippen molar-refractivity contribution in [2.24, 2.45) is 5.41 Å². The summed E-state index contributed by atoms with van der Waals surface area (Å²) in [6.45, 7) is 5.50. The van der Waals surface area contributed by atoms with Gasteiger partial charge in [0.1, 0.15) is 11.6 Å². The van der Waals surface area contributed by atoms with Gasteiger partial charge in [0.15, 0.2) is 6.10 Å². The summed E-state index contributed by atoms with van der Waals surface area (Å²) < 4.78 is 54.1.